The van der Waals surface area contributed by atoms with Crippen LogP contribution in [0, 0.1) is 25.5 Å². The number of ketones is 1. The van der Waals surface area contributed by atoms with Crippen molar-refractivity contribution in [2.24, 2.45) is 0 Å². The van der Waals surface area contributed by atoms with Crippen LogP contribution in [0.15, 0.2) is 47.5 Å². The average Bonchev–Trinajstić information content (AvgIpc) is 2.56. The fraction of sp³-hybridized carbons (Fsp3) is 0.158. The average molecular weight is 343 g/mol. The summed E-state index contributed by atoms with van der Waals surface area (Å²) >= 11 is 1.29. The number of nitrogens with zero attached hydrogens (tertiary/aromatic N) is 1. The lowest BCUT2D eigenvalue weighted by Crippen LogP contribution is -2.04. The number of aryl methyl sites for hydroxylation is 2. The Morgan fingerprint density at radius 2 is 1.83 bits per heavy atom. The summed E-state index contributed by atoms with van der Waals surface area (Å²) in [5, 5.41) is 1.83. The van der Waals surface area contributed by atoms with Crippen molar-refractivity contribution < 1.29 is 13.6 Å². The molecule has 0 aliphatic rings. The van der Waals surface area contributed by atoms with Crippen LogP contribution >= 0.6 is 11.8 Å². The topological polar surface area (TPSA) is 30.0 Å². The molecule has 0 unspecified atom stereocenters. The number of hydrogen-bond acceptors (Lipinski definition) is 3. The predicted molar refractivity (Wildman–Crippen MR) is 92.6 cm³/mol. The van der Waals surface area contributed by atoms with Crippen molar-refractivity contribution in [2.45, 2.75) is 18.9 Å². The summed E-state index contributed by atoms with van der Waals surface area (Å²) in [6.45, 7) is 4.00. The molecule has 1 heterocycles. The lowest BCUT2D eigenvalue weighted by molar-refractivity contribution is 0.102. The molecule has 0 spiro atoms. The number of benzene rings is 2. The van der Waals surface area contributed by atoms with Gasteiger partial charge in [-0.2, -0.15) is 0 Å². The van der Waals surface area contributed by atoms with E-state index in [4.69, 9.17) is 0 Å². The molecule has 0 aliphatic heterocycles. The highest BCUT2D eigenvalue weighted by atomic mass is 32.2. The molecule has 0 fully saturated rings. The highest BCUT2D eigenvalue weighted by Crippen LogP contribution is 2.26. The van der Waals surface area contributed by atoms with E-state index in [1.807, 2.05) is 38.1 Å². The smallest absolute Gasteiger partial charge is 0.173 e. The van der Waals surface area contributed by atoms with E-state index in [1.165, 1.54) is 17.8 Å². The molecule has 3 aromatic rings. The van der Waals surface area contributed by atoms with E-state index in [9.17, 15) is 13.6 Å². The van der Waals surface area contributed by atoms with Gasteiger partial charge >= 0.3 is 0 Å². The Morgan fingerprint density at radius 1 is 1.04 bits per heavy atom. The minimum Gasteiger partial charge on any atom is -0.293 e. The van der Waals surface area contributed by atoms with E-state index in [0.717, 1.165) is 39.2 Å². The number of Topliss-reactive ketones (excluding diaryl/α,β-unsaturated/α-hetero) is 1. The molecular formula is C19H15F2NOS. The number of pyridine rings is 1. The fourth-order valence-electron chi connectivity index (χ4n) is 2.50. The molecule has 0 amide bonds. The number of hydrogen-bond donors (Lipinski definition) is 0. The molecule has 0 saturated carbocycles. The SMILES string of the molecule is Cc1cc(SCC(=O)c2ccc(F)c(F)c2)nc2c(C)cccc12. The first-order chi connectivity index (χ1) is 11.5. The van der Waals surface area contributed by atoms with Crippen molar-refractivity contribution >= 4 is 28.4 Å². The molecule has 0 bridgehead atoms. The van der Waals surface area contributed by atoms with Crippen LogP contribution < -0.4 is 0 Å². The molecule has 0 N–H and O–H groups in total. The zero-order valence-corrected chi connectivity index (χ0v) is 14.1. The molecule has 122 valence electrons. The number of thioether (sulfide) groups is 1. The fourth-order valence-corrected chi connectivity index (χ4v) is 3.36. The van der Waals surface area contributed by atoms with Gasteiger partial charge in [0.25, 0.3) is 0 Å². The predicted octanol–water partition coefficient (Wildman–Crippen LogP) is 5.10. The Balaban J connectivity index is 1.81. The molecule has 0 radical (unpaired) electrons. The van der Waals surface area contributed by atoms with Gasteiger partial charge in [0.05, 0.1) is 16.3 Å². The van der Waals surface area contributed by atoms with Crippen LogP contribution in [-0.4, -0.2) is 16.5 Å². The minimum atomic E-state index is -1.01. The second kappa shape index (κ2) is 6.69. The largest absolute Gasteiger partial charge is 0.293 e. The van der Waals surface area contributed by atoms with Gasteiger partial charge in [-0.3, -0.25) is 4.79 Å². The lowest BCUT2D eigenvalue weighted by Gasteiger charge is -2.08. The second-order valence-corrected chi connectivity index (χ2v) is 6.58. The Morgan fingerprint density at radius 3 is 2.58 bits per heavy atom. The van der Waals surface area contributed by atoms with Crippen LogP contribution in [0.5, 0.6) is 0 Å². The number of aromatic nitrogens is 1. The molecule has 2 nitrogen and oxygen atoms in total. The van der Waals surface area contributed by atoms with Crippen molar-refractivity contribution in [3.05, 3.63) is 70.8 Å². The van der Waals surface area contributed by atoms with E-state index in [-0.39, 0.29) is 17.1 Å². The third kappa shape index (κ3) is 3.31. The Labute approximate surface area is 142 Å². The first-order valence-corrected chi connectivity index (χ1v) is 8.42. The van der Waals surface area contributed by atoms with Crippen molar-refractivity contribution in [1.82, 2.24) is 4.98 Å². The zero-order chi connectivity index (χ0) is 17.3. The third-order valence-electron chi connectivity index (χ3n) is 3.82. The molecule has 0 aliphatic carbocycles. The summed E-state index contributed by atoms with van der Waals surface area (Å²) in [6, 6.07) is 11.1. The van der Waals surface area contributed by atoms with Crippen LogP contribution in [0.25, 0.3) is 10.9 Å². The van der Waals surface area contributed by atoms with Crippen molar-refractivity contribution in [2.75, 3.05) is 5.75 Å². The molecule has 0 saturated heterocycles. The highest BCUT2D eigenvalue weighted by molar-refractivity contribution is 7.99. The monoisotopic (exact) mass is 343 g/mol. The molecule has 24 heavy (non-hydrogen) atoms. The van der Waals surface area contributed by atoms with Gasteiger partial charge in [-0.15, -0.1) is 0 Å². The van der Waals surface area contributed by atoms with Gasteiger partial charge in [-0.1, -0.05) is 30.0 Å². The van der Waals surface area contributed by atoms with Gasteiger partial charge in [-0.25, -0.2) is 13.8 Å². The Kier molecular flexibility index (Phi) is 4.62. The minimum absolute atomic E-state index is 0.120. The van der Waals surface area contributed by atoms with Crippen molar-refractivity contribution in [3.8, 4) is 0 Å². The number of carbonyl (C=O) groups is 1. The maximum absolute atomic E-state index is 13.2. The lowest BCUT2D eigenvalue weighted by atomic mass is 10.1. The van der Waals surface area contributed by atoms with E-state index in [2.05, 4.69) is 4.98 Å². The zero-order valence-electron chi connectivity index (χ0n) is 13.3. The maximum atomic E-state index is 13.2. The number of rotatable bonds is 4. The van der Waals surface area contributed by atoms with Crippen LogP contribution in [0.2, 0.25) is 0 Å². The maximum Gasteiger partial charge on any atom is 0.173 e. The first-order valence-electron chi connectivity index (χ1n) is 7.44. The molecular weight excluding hydrogens is 328 g/mol. The van der Waals surface area contributed by atoms with Gasteiger partial charge in [0.1, 0.15) is 0 Å². The first kappa shape index (κ1) is 16.6. The molecule has 5 heteroatoms. The Bertz CT molecular complexity index is 940. The van der Waals surface area contributed by atoms with E-state index in [1.54, 1.807) is 0 Å². The van der Waals surface area contributed by atoms with Gasteiger partial charge in [0, 0.05) is 10.9 Å². The molecule has 2 aromatic carbocycles. The van der Waals surface area contributed by atoms with Crippen LogP contribution in [0.3, 0.4) is 0 Å². The molecule has 3 rings (SSSR count). The van der Waals surface area contributed by atoms with Gasteiger partial charge in [0.15, 0.2) is 17.4 Å². The highest BCUT2D eigenvalue weighted by Gasteiger charge is 2.12. The number of fused-ring (bicyclic) bond motifs is 1. The standard InChI is InChI=1S/C19H15F2NOS/c1-11-4-3-5-14-12(2)8-18(22-19(11)14)24-10-17(23)13-6-7-15(20)16(21)9-13/h3-9H,10H2,1-2H3. The summed E-state index contributed by atoms with van der Waals surface area (Å²) in [4.78, 5) is 16.8. The second-order valence-electron chi connectivity index (χ2n) is 5.59. The number of carbonyl (C=O) groups excluding carboxylic acids is 1. The van der Waals surface area contributed by atoms with Crippen LogP contribution in [0.1, 0.15) is 21.5 Å². The quantitative estimate of drug-likeness (QED) is 0.487. The van der Waals surface area contributed by atoms with E-state index in [0.29, 0.717) is 0 Å². The summed E-state index contributed by atoms with van der Waals surface area (Å²) in [7, 11) is 0. The van der Waals surface area contributed by atoms with Crippen molar-refractivity contribution in [1.29, 1.82) is 0 Å². The summed E-state index contributed by atoms with van der Waals surface area (Å²) in [6.07, 6.45) is 0. The van der Waals surface area contributed by atoms with Crippen LogP contribution in [0.4, 0.5) is 8.78 Å². The Hall–Kier alpha value is -2.27. The van der Waals surface area contributed by atoms with Gasteiger partial charge < -0.3 is 0 Å². The summed E-state index contributed by atoms with van der Waals surface area (Å²) in [5.74, 6) is -2.11. The summed E-state index contributed by atoms with van der Waals surface area (Å²) < 4.78 is 26.2. The number of para-hydroxylation sites is 1. The molecule has 0 atom stereocenters. The number of halogens is 2. The van der Waals surface area contributed by atoms with E-state index < -0.39 is 11.6 Å². The summed E-state index contributed by atoms with van der Waals surface area (Å²) in [5.41, 5.74) is 3.24. The van der Waals surface area contributed by atoms with Crippen LogP contribution in [-0.2, 0) is 0 Å². The van der Waals surface area contributed by atoms with E-state index >= 15 is 0 Å². The third-order valence-corrected chi connectivity index (χ3v) is 4.73. The van der Waals surface area contributed by atoms with Gasteiger partial charge in [0.2, 0.25) is 0 Å². The van der Waals surface area contributed by atoms with Crippen molar-refractivity contribution in [3.63, 3.8) is 0 Å². The normalized spacial score (nSPS) is 11.0. The van der Waals surface area contributed by atoms with Gasteiger partial charge in [-0.05, 0) is 49.2 Å². The molecule has 1 aromatic heterocycles.